The van der Waals surface area contributed by atoms with Crippen molar-refractivity contribution in [3.8, 4) is 11.5 Å². The molecule has 2 amide bonds. The molecule has 0 heterocycles. The topological polar surface area (TPSA) is 50.8 Å². The number of carbonyl (C=O) groups is 1. The molecule has 1 aromatic carbocycles. The normalized spacial score (nSPS) is 9.95. The predicted molar refractivity (Wildman–Crippen MR) is 79.2 cm³/mol. The van der Waals surface area contributed by atoms with E-state index in [1.54, 1.807) is 18.1 Å². The monoisotopic (exact) mass is 280 g/mol. The zero-order valence-corrected chi connectivity index (χ0v) is 12.5. The SMILES string of the molecule is CCCN(CCC)C(=O)NCOc1ccccc1OC. The molecular weight excluding hydrogens is 256 g/mol. The third-order valence-corrected chi connectivity index (χ3v) is 2.79. The van der Waals surface area contributed by atoms with Crippen molar-refractivity contribution in [3.05, 3.63) is 24.3 Å². The Labute approximate surface area is 120 Å². The van der Waals surface area contributed by atoms with Gasteiger partial charge in [0.05, 0.1) is 7.11 Å². The van der Waals surface area contributed by atoms with Crippen LogP contribution in [0.25, 0.3) is 0 Å². The Hall–Kier alpha value is -1.91. The summed E-state index contributed by atoms with van der Waals surface area (Å²) >= 11 is 0. The molecule has 1 N–H and O–H groups in total. The van der Waals surface area contributed by atoms with Gasteiger partial charge in [-0.2, -0.15) is 0 Å². The average Bonchev–Trinajstić information content (AvgIpc) is 2.47. The molecule has 0 radical (unpaired) electrons. The Kier molecular flexibility index (Phi) is 7.32. The largest absolute Gasteiger partial charge is 0.493 e. The van der Waals surface area contributed by atoms with Gasteiger partial charge < -0.3 is 19.7 Å². The van der Waals surface area contributed by atoms with Crippen LogP contribution in [0, 0.1) is 0 Å². The lowest BCUT2D eigenvalue weighted by Crippen LogP contribution is -2.42. The highest BCUT2D eigenvalue weighted by Crippen LogP contribution is 2.25. The number of urea groups is 1. The molecule has 0 aliphatic heterocycles. The second kappa shape index (κ2) is 9.07. The lowest BCUT2D eigenvalue weighted by molar-refractivity contribution is 0.183. The number of rotatable bonds is 8. The van der Waals surface area contributed by atoms with E-state index in [9.17, 15) is 4.79 Å². The van der Waals surface area contributed by atoms with Gasteiger partial charge in [0.25, 0.3) is 0 Å². The van der Waals surface area contributed by atoms with Gasteiger partial charge in [-0.1, -0.05) is 26.0 Å². The fourth-order valence-electron chi connectivity index (χ4n) is 1.88. The highest BCUT2D eigenvalue weighted by Gasteiger charge is 2.11. The summed E-state index contributed by atoms with van der Waals surface area (Å²) in [5.74, 6) is 1.27. The standard InChI is InChI=1S/C15H24N2O3/c1-4-10-17(11-5-2)15(18)16-12-20-14-9-7-6-8-13(14)19-3/h6-9H,4-5,10-12H2,1-3H3,(H,16,18). The fraction of sp³-hybridized carbons (Fsp3) is 0.533. The van der Waals surface area contributed by atoms with Crippen molar-refractivity contribution in [1.82, 2.24) is 10.2 Å². The van der Waals surface area contributed by atoms with Crippen LogP contribution in [0.15, 0.2) is 24.3 Å². The van der Waals surface area contributed by atoms with Crippen molar-refractivity contribution in [2.24, 2.45) is 0 Å². The predicted octanol–water partition coefficient (Wildman–Crippen LogP) is 2.86. The van der Waals surface area contributed by atoms with Crippen LogP contribution in [0.1, 0.15) is 26.7 Å². The molecule has 5 nitrogen and oxygen atoms in total. The van der Waals surface area contributed by atoms with Gasteiger partial charge in [-0.15, -0.1) is 0 Å². The van der Waals surface area contributed by atoms with Crippen molar-refractivity contribution in [3.63, 3.8) is 0 Å². The molecule has 112 valence electrons. The Morgan fingerprint density at radius 1 is 1.15 bits per heavy atom. The maximum atomic E-state index is 12.0. The van der Waals surface area contributed by atoms with Crippen molar-refractivity contribution >= 4 is 6.03 Å². The zero-order valence-electron chi connectivity index (χ0n) is 12.5. The van der Waals surface area contributed by atoms with Crippen LogP contribution in [0.5, 0.6) is 11.5 Å². The van der Waals surface area contributed by atoms with Crippen LogP contribution in [-0.2, 0) is 0 Å². The summed E-state index contributed by atoms with van der Waals surface area (Å²) in [6.07, 6.45) is 1.89. The van der Waals surface area contributed by atoms with Crippen LogP contribution in [-0.4, -0.2) is 37.9 Å². The molecule has 0 fully saturated rings. The lowest BCUT2D eigenvalue weighted by Gasteiger charge is -2.22. The Balaban J connectivity index is 2.44. The summed E-state index contributed by atoms with van der Waals surface area (Å²) in [5, 5.41) is 2.76. The number of benzene rings is 1. The van der Waals surface area contributed by atoms with Gasteiger partial charge in [0.2, 0.25) is 0 Å². The number of para-hydroxylation sites is 2. The van der Waals surface area contributed by atoms with Gasteiger partial charge >= 0.3 is 6.03 Å². The van der Waals surface area contributed by atoms with Gasteiger partial charge in [0.1, 0.15) is 0 Å². The minimum Gasteiger partial charge on any atom is -0.493 e. The second-order valence-electron chi connectivity index (χ2n) is 4.41. The third kappa shape index (κ3) is 4.99. The van der Waals surface area contributed by atoms with E-state index in [0.29, 0.717) is 11.5 Å². The van der Waals surface area contributed by atoms with Crippen molar-refractivity contribution in [2.75, 3.05) is 26.9 Å². The van der Waals surface area contributed by atoms with Crippen molar-refractivity contribution in [2.45, 2.75) is 26.7 Å². The van der Waals surface area contributed by atoms with Crippen molar-refractivity contribution in [1.29, 1.82) is 0 Å². The number of amides is 2. The van der Waals surface area contributed by atoms with Crippen molar-refractivity contribution < 1.29 is 14.3 Å². The minimum atomic E-state index is -0.0939. The number of nitrogens with one attached hydrogen (secondary N) is 1. The van der Waals surface area contributed by atoms with E-state index >= 15 is 0 Å². The number of carbonyl (C=O) groups excluding carboxylic acids is 1. The molecule has 0 saturated heterocycles. The number of ether oxygens (including phenoxy) is 2. The Bertz CT molecular complexity index is 404. The number of hydrogen-bond donors (Lipinski definition) is 1. The molecule has 0 aliphatic rings. The average molecular weight is 280 g/mol. The first-order valence-corrected chi connectivity index (χ1v) is 7.01. The van der Waals surface area contributed by atoms with E-state index in [1.807, 2.05) is 18.2 Å². The molecule has 1 rings (SSSR count). The lowest BCUT2D eigenvalue weighted by atomic mass is 10.3. The van der Waals surface area contributed by atoms with E-state index in [4.69, 9.17) is 9.47 Å². The van der Waals surface area contributed by atoms with Crippen LogP contribution in [0.4, 0.5) is 4.79 Å². The highest BCUT2D eigenvalue weighted by atomic mass is 16.5. The summed E-state index contributed by atoms with van der Waals surface area (Å²) in [6, 6.07) is 7.26. The maximum absolute atomic E-state index is 12.0. The molecule has 0 aliphatic carbocycles. The summed E-state index contributed by atoms with van der Waals surface area (Å²) in [7, 11) is 1.59. The van der Waals surface area contributed by atoms with Crippen LogP contribution >= 0.6 is 0 Å². The molecule has 20 heavy (non-hydrogen) atoms. The molecule has 0 bridgehead atoms. The van der Waals surface area contributed by atoms with E-state index in [1.165, 1.54) is 0 Å². The highest BCUT2D eigenvalue weighted by molar-refractivity contribution is 5.74. The maximum Gasteiger partial charge on any atom is 0.320 e. The molecule has 0 spiro atoms. The van der Waals surface area contributed by atoms with Crippen LogP contribution < -0.4 is 14.8 Å². The summed E-state index contributed by atoms with van der Waals surface area (Å²) in [6.45, 7) is 5.76. The minimum absolute atomic E-state index is 0.0939. The molecule has 0 atom stereocenters. The second-order valence-corrected chi connectivity index (χ2v) is 4.41. The number of methoxy groups -OCH3 is 1. The van der Waals surface area contributed by atoms with Gasteiger partial charge in [0, 0.05) is 13.1 Å². The number of hydrogen-bond acceptors (Lipinski definition) is 3. The molecule has 0 aromatic heterocycles. The first-order chi connectivity index (χ1) is 9.72. The van der Waals surface area contributed by atoms with E-state index < -0.39 is 0 Å². The molecular formula is C15H24N2O3. The molecule has 5 heteroatoms. The fourth-order valence-corrected chi connectivity index (χ4v) is 1.88. The van der Waals surface area contributed by atoms with Crippen LogP contribution in [0.3, 0.4) is 0 Å². The smallest absolute Gasteiger partial charge is 0.320 e. The quantitative estimate of drug-likeness (QED) is 0.745. The third-order valence-electron chi connectivity index (χ3n) is 2.79. The first-order valence-electron chi connectivity index (χ1n) is 7.01. The molecule has 0 unspecified atom stereocenters. The molecule has 0 saturated carbocycles. The van der Waals surface area contributed by atoms with Crippen LogP contribution in [0.2, 0.25) is 0 Å². The summed E-state index contributed by atoms with van der Waals surface area (Å²) < 4.78 is 10.7. The first kappa shape index (κ1) is 16.1. The van der Waals surface area contributed by atoms with Gasteiger partial charge in [0.15, 0.2) is 18.2 Å². The Morgan fingerprint density at radius 3 is 2.30 bits per heavy atom. The van der Waals surface area contributed by atoms with E-state index in [0.717, 1.165) is 25.9 Å². The summed E-state index contributed by atoms with van der Waals surface area (Å²) in [5.41, 5.74) is 0. The van der Waals surface area contributed by atoms with E-state index in [2.05, 4.69) is 19.2 Å². The van der Waals surface area contributed by atoms with E-state index in [-0.39, 0.29) is 12.8 Å². The van der Waals surface area contributed by atoms with Gasteiger partial charge in [-0.3, -0.25) is 0 Å². The van der Waals surface area contributed by atoms with Gasteiger partial charge in [-0.05, 0) is 25.0 Å². The summed E-state index contributed by atoms with van der Waals surface area (Å²) in [4.78, 5) is 13.8. The Morgan fingerprint density at radius 2 is 1.75 bits per heavy atom. The zero-order chi connectivity index (χ0) is 14.8. The molecule has 1 aromatic rings. The number of nitrogens with zero attached hydrogens (tertiary/aromatic N) is 1. The van der Waals surface area contributed by atoms with Gasteiger partial charge in [-0.25, -0.2) is 4.79 Å².